The minimum absolute atomic E-state index is 0.0163. The first kappa shape index (κ1) is 21.2. The zero-order valence-electron chi connectivity index (χ0n) is 17.8. The first-order chi connectivity index (χ1) is 14.9. The van der Waals surface area contributed by atoms with Crippen LogP contribution in [-0.2, 0) is 13.0 Å². The summed E-state index contributed by atoms with van der Waals surface area (Å²) in [5, 5.41) is 10.3. The van der Waals surface area contributed by atoms with Crippen molar-refractivity contribution in [3.05, 3.63) is 76.0 Å². The zero-order valence-corrected chi connectivity index (χ0v) is 18.6. The molecule has 160 valence electrons. The second-order valence-corrected chi connectivity index (χ2v) is 8.72. The van der Waals surface area contributed by atoms with Gasteiger partial charge in [-0.3, -0.25) is 9.59 Å². The third kappa shape index (κ3) is 3.97. The van der Waals surface area contributed by atoms with Crippen LogP contribution in [0.4, 0.5) is 0 Å². The van der Waals surface area contributed by atoms with E-state index in [9.17, 15) is 14.7 Å². The van der Waals surface area contributed by atoms with E-state index >= 15 is 0 Å². The van der Waals surface area contributed by atoms with Crippen molar-refractivity contribution >= 4 is 17.7 Å². The van der Waals surface area contributed by atoms with Gasteiger partial charge in [-0.25, -0.2) is 0 Å². The fourth-order valence-electron chi connectivity index (χ4n) is 4.02. The van der Waals surface area contributed by atoms with E-state index in [1.54, 1.807) is 21.2 Å². The highest BCUT2D eigenvalue weighted by Gasteiger charge is 2.32. The molecule has 0 radical (unpaired) electrons. The molecule has 6 nitrogen and oxygen atoms in total. The lowest BCUT2D eigenvalue weighted by atomic mass is 9.97. The van der Waals surface area contributed by atoms with Crippen LogP contribution in [0.3, 0.4) is 0 Å². The second-order valence-electron chi connectivity index (χ2n) is 7.84. The van der Waals surface area contributed by atoms with Gasteiger partial charge in [-0.1, -0.05) is 36.4 Å². The molecule has 0 saturated carbocycles. The van der Waals surface area contributed by atoms with Gasteiger partial charge in [-0.05, 0) is 48.9 Å². The maximum atomic E-state index is 13.0. The van der Waals surface area contributed by atoms with E-state index in [1.807, 2.05) is 44.4 Å². The van der Waals surface area contributed by atoms with Gasteiger partial charge in [0.15, 0.2) is 5.69 Å². The smallest absolute Gasteiger partial charge is 0.315 e. The number of fused-ring (bicyclic) bond motifs is 1. The minimum Gasteiger partial charge on any atom is -0.501 e. The molecular weight excluding hydrogens is 410 g/mol. The number of carbonyl (C=O) groups excluding carboxylic acids is 1. The van der Waals surface area contributed by atoms with E-state index in [-0.39, 0.29) is 17.6 Å². The molecule has 0 aliphatic carbocycles. The van der Waals surface area contributed by atoms with Gasteiger partial charge in [0.25, 0.3) is 5.91 Å². The number of nitrogens with zero attached hydrogens (tertiary/aromatic N) is 3. The van der Waals surface area contributed by atoms with E-state index in [4.69, 9.17) is 0 Å². The molecule has 0 saturated heterocycles. The number of benzene rings is 2. The monoisotopic (exact) mass is 435 g/mol. The average Bonchev–Trinajstić information content (AvgIpc) is 2.77. The van der Waals surface area contributed by atoms with Crippen molar-refractivity contribution in [2.24, 2.45) is 0 Å². The van der Waals surface area contributed by atoms with Crippen molar-refractivity contribution in [2.75, 3.05) is 12.8 Å². The van der Waals surface area contributed by atoms with Crippen LogP contribution in [0.5, 0.6) is 5.75 Å². The standard InChI is InChI=1S/C24H25N3O3S/c1-15(2)26-12-13-27-20(25-23(29)22(28)21(27)24(26)30)14-17-6-4-5-7-19(17)16-8-10-18(31-3)11-9-16/h4-11,15,28H,12-14H2,1-3H3. The van der Waals surface area contributed by atoms with Crippen LogP contribution in [0.25, 0.3) is 11.1 Å². The molecule has 2 heterocycles. The SMILES string of the molecule is CSc1ccc(-c2ccccc2Cc2nc(=O)c(O)c3n2CCN(C(C)C)C3=O)cc1. The Labute approximate surface area is 185 Å². The van der Waals surface area contributed by atoms with Crippen molar-refractivity contribution in [1.29, 1.82) is 0 Å². The fourth-order valence-corrected chi connectivity index (χ4v) is 4.42. The molecule has 3 aromatic rings. The normalized spacial score (nSPS) is 13.5. The topological polar surface area (TPSA) is 75.4 Å². The molecule has 0 bridgehead atoms. The minimum atomic E-state index is -0.762. The van der Waals surface area contributed by atoms with E-state index in [0.29, 0.717) is 25.3 Å². The van der Waals surface area contributed by atoms with Gasteiger partial charge >= 0.3 is 5.56 Å². The summed E-state index contributed by atoms with van der Waals surface area (Å²) in [5.41, 5.74) is 2.41. The number of amides is 1. The fraction of sp³-hybridized carbons (Fsp3) is 0.292. The number of carbonyl (C=O) groups is 1. The maximum absolute atomic E-state index is 13.0. The van der Waals surface area contributed by atoms with Crippen molar-refractivity contribution in [3.63, 3.8) is 0 Å². The maximum Gasteiger partial charge on any atom is 0.315 e. The molecule has 4 rings (SSSR count). The summed E-state index contributed by atoms with van der Waals surface area (Å²) in [6.07, 6.45) is 2.43. The molecule has 7 heteroatoms. The third-order valence-corrected chi connectivity index (χ3v) is 6.40. The number of thioether (sulfide) groups is 1. The average molecular weight is 436 g/mol. The van der Waals surface area contributed by atoms with Crippen LogP contribution < -0.4 is 5.56 Å². The molecule has 1 amide bonds. The van der Waals surface area contributed by atoms with Gasteiger partial charge in [0.2, 0.25) is 5.75 Å². The van der Waals surface area contributed by atoms with Crippen molar-refractivity contribution in [2.45, 2.75) is 37.8 Å². The Hall–Kier alpha value is -3.06. The molecule has 1 N–H and O–H groups in total. The Morgan fingerprint density at radius 3 is 2.45 bits per heavy atom. The Kier molecular flexibility index (Phi) is 5.87. The summed E-state index contributed by atoms with van der Waals surface area (Å²) in [6.45, 7) is 4.84. The van der Waals surface area contributed by atoms with E-state index in [0.717, 1.165) is 16.7 Å². The Morgan fingerprint density at radius 2 is 1.77 bits per heavy atom. The Balaban J connectivity index is 1.78. The summed E-state index contributed by atoms with van der Waals surface area (Å²) in [4.78, 5) is 32.4. The Morgan fingerprint density at radius 1 is 1.06 bits per heavy atom. The quantitative estimate of drug-likeness (QED) is 0.617. The molecule has 0 unspecified atom stereocenters. The van der Waals surface area contributed by atoms with Crippen LogP contribution in [-0.4, -0.2) is 44.3 Å². The van der Waals surface area contributed by atoms with Crippen LogP contribution in [0.2, 0.25) is 0 Å². The number of hydrogen-bond acceptors (Lipinski definition) is 5. The molecule has 31 heavy (non-hydrogen) atoms. The summed E-state index contributed by atoms with van der Waals surface area (Å²) in [5.74, 6) is -0.414. The van der Waals surface area contributed by atoms with Crippen LogP contribution in [0.15, 0.2) is 58.2 Å². The van der Waals surface area contributed by atoms with Crippen molar-refractivity contribution in [1.82, 2.24) is 14.5 Å². The number of aromatic nitrogens is 2. The van der Waals surface area contributed by atoms with Gasteiger partial charge in [0, 0.05) is 30.4 Å². The second kappa shape index (κ2) is 8.59. The molecule has 1 aromatic heterocycles. The molecular formula is C24H25N3O3S. The highest BCUT2D eigenvalue weighted by atomic mass is 32.2. The largest absolute Gasteiger partial charge is 0.501 e. The molecule has 1 aliphatic heterocycles. The highest BCUT2D eigenvalue weighted by molar-refractivity contribution is 7.98. The van der Waals surface area contributed by atoms with E-state index < -0.39 is 11.3 Å². The molecule has 0 atom stereocenters. The van der Waals surface area contributed by atoms with Crippen LogP contribution in [0, 0.1) is 0 Å². The lowest BCUT2D eigenvalue weighted by Crippen LogP contribution is -2.46. The zero-order chi connectivity index (χ0) is 22.1. The van der Waals surface area contributed by atoms with Gasteiger partial charge in [0.1, 0.15) is 5.82 Å². The van der Waals surface area contributed by atoms with Crippen molar-refractivity contribution in [3.8, 4) is 16.9 Å². The molecule has 1 aliphatic rings. The van der Waals surface area contributed by atoms with Crippen LogP contribution in [0.1, 0.15) is 35.7 Å². The summed E-state index contributed by atoms with van der Waals surface area (Å²) < 4.78 is 1.70. The van der Waals surface area contributed by atoms with E-state index in [2.05, 4.69) is 29.2 Å². The molecule has 0 fully saturated rings. The predicted molar refractivity (Wildman–Crippen MR) is 123 cm³/mol. The van der Waals surface area contributed by atoms with Gasteiger partial charge in [0.05, 0.1) is 0 Å². The predicted octanol–water partition coefficient (Wildman–Crippen LogP) is 3.79. The third-order valence-electron chi connectivity index (χ3n) is 5.66. The number of hydrogen-bond donors (Lipinski definition) is 1. The summed E-state index contributed by atoms with van der Waals surface area (Å²) >= 11 is 1.69. The van der Waals surface area contributed by atoms with Crippen molar-refractivity contribution < 1.29 is 9.90 Å². The first-order valence-corrected chi connectivity index (χ1v) is 11.5. The summed E-state index contributed by atoms with van der Waals surface area (Å²) in [7, 11) is 0. The molecule has 0 spiro atoms. The lowest BCUT2D eigenvalue weighted by Gasteiger charge is -2.34. The number of rotatable bonds is 5. The van der Waals surface area contributed by atoms with Gasteiger partial charge < -0.3 is 14.6 Å². The highest BCUT2D eigenvalue weighted by Crippen LogP contribution is 2.29. The first-order valence-electron chi connectivity index (χ1n) is 10.3. The number of aromatic hydroxyl groups is 1. The summed E-state index contributed by atoms with van der Waals surface area (Å²) in [6, 6.07) is 16.3. The van der Waals surface area contributed by atoms with Crippen LogP contribution >= 0.6 is 11.8 Å². The van der Waals surface area contributed by atoms with Gasteiger partial charge in [-0.15, -0.1) is 11.8 Å². The van der Waals surface area contributed by atoms with E-state index in [1.165, 1.54) is 4.90 Å². The lowest BCUT2D eigenvalue weighted by molar-refractivity contribution is 0.0638. The van der Waals surface area contributed by atoms with Gasteiger partial charge in [-0.2, -0.15) is 4.98 Å². The molecule has 2 aromatic carbocycles. The Bertz CT molecular complexity index is 1190.